The molecule has 2 amide bonds. The largest absolute Gasteiger partial charge is 0.790 e. The minimum absolute atomic E-state index is 0.0210. The van der Waals surface area contributed by atoms with Crippen molar-refractivity contribution in [2.75, 3.05) is 37.8 Å². The molecule has 7 atom stereocenters. The van der Waals surface area contributed by atoms with Gasteiger partial charge in [-0.25, -0.2) is 19.3 Å². The predicted molar refractivity (Wildman–Crippen MR) is 201 cm³/mol. The molecule has 0 saturated carbocycles. The SMILES string of the molecule is CC(C)(COP(=O)([O-])OP(=O)([O-])OC[C@H]1O[C@@H](n2cnc3c(N)ncnc32)[C@H](O)[C@@H]1OP(=O)([O-])[O-])[C@@H](O)C(=O)NCCC(=O)NCCSC(=O)c1ccc2c(c1)CCCC2. The van der Waals surface area contributed by atoms with E-state index in [2.05, 4.69) is 43.5 Å². The van der Waals surface area contributed by atoms with Crippen LogP contribution < -0.4 is 35.9 Å². The third kappa shape index (κ3) is 12.9. The van der Waals surface area contributed by atoms with Gasteiger partial charge >= 0.3 is 0 Å². The number of thioether (sulfide) groups is 1. The molecule has 1 aliphatic carbocycles. The van der Waals surface area contributed by atoms with E-state index in [4.69, 9.17) is 10.5 Å². The third-order valence-electron chi connectivity index (χ3n) is 9.29. The van der Waals surface area contributed by atoms with Crippen LogP contribution in [0.15, 0.2) is 30.9 Å². The monoisotopic (exact) mass is 921 g/mol. The molecule has 1 aromatic carbocycles. The Labute approximate surface area is 346 Å². The van der Waals surface area contributed by atoms with Crippen LogP contribution in [0.2, 0.25) is 0 Å². The van der Waals surface area contributed by atoms with Gasteiger partial charge in [-0.1, -0.05) is 37.7 Å². The number of hydrogen-bond donors (Lipinski definition) is 5. The van der Waals surface area contributed by atoms with Crippen LogP contribution in [0.25, 0.3) is 11.2 Å². The van der Waals surface area contributed by atoms with E-state index in [0.717, 1.165) is 54.7 Å². The average molecular weight is 922 g/mol. The fourth-order valence-corrected chi connectivity index (χ4v) is 9.61. The number of fused-ring (bicyclic) bond motifs is 2. The van der Waals surface area contributed by atoms with E-state index in [1.54, 1.807) is 6.07 Å². The molecule has 2 aliphatic rings. The van der Waals surface area contributed by atoms with Gasteiger partial charge in [0.05, 0.1) is 27.4 Å². The van der Waals surface area contributed by atoms with Crippen LogP contribution in [0, 0.1) is 5.41 Å². The molecule has 28 heteroatoms. The van der Waals surface area contributed by atoms with Gasteiger partial charge in [-0.05, 0) is 42.9 Å². The first-order valence-electron chi connectivity index (χ1n) is 18.2. The highest BCUT2D eigenvalue weighted by Gasteiger charge is 2.47. The van der Waals surface area contributed by atoms with Gasteiger partial charge in [0.15, 0.2) is 17.7 Å². The number of aliphatic hydroxyl groups is 2. The number of nitrogen functional groups attached to an aromatic ring is 1. The minimum atomic E-state index is -5.92. The highest BCUT2D eigenvalue weighted by atomic mass is 32.2. The number of nitrogens with zero attached hydrogens (tertiary/aromatic N) is 4. The molecule has 0 spiro atoms. The Bertz CT molecular complexity index is 2190. The topological polar surface area (TPSA) is 375 Å². The fourth-order valence-electron chi connectivity index (χ4n) is 6.19. The molecule has 60 heavy (non-hydrogen) atoms. The van der Waals surface area contributed by atoms with Gasteiger partial charge in [0, 0.05) is 36.2 Å². The Morgan fingerprint density at radius 3 is 2.45 bits per heavy atom. The first kappa shape index (κ1) is 47.8. The van der Waals surface area contributed by atoms with E-state index < -0.39 is 84.6 Å². The quantitative estimate of drug-likeness (QED) is 0.0625. The van der Waals surface area contributed by atoms with Crippen LogP contribution in [0.4, 0.5) is 5.82 Å². The van der Waals surface area contributed by atoms with E-state index in [1.807, 2.05) is 12.1 Å². The Balaban J connectivity index is 1.04. The molecule has 1 aliphatic heterocycles. The summed E-state index contributed by atoms with van der Waals surface area (Å²) in [4.78, 5) is 97.1. The van der Waals surface area contributed by atoms with Crippen molar-refractivity contribution >= 4 is 69.1 Å². The average Bonchev–Trinajstić information content (AvgIpc) is 3.74. The van der Waals surface area contributed by atoms with Gasteiger partial charge in [0.2, 0.25) is 16.9 Å². The summed E-state index contributed by atoms with van der Waals surface area (Å²) < 4.78 is 60.7. The van der Waals surface area contributed by atoms with Gasteiger partial charge in [0.25, 0.3) is 15.6 Å². The number of amides is 2. The Morgan fingerprint density at radius 2 is 1.73 bits per heavy atom. The Morgan fingerprint density at radius 1 is 1.03 bits per heavy atom. The number of phosphoric acid groups is 3. The zero-order valence-corrected chi connectivity index (χ0v) is 35.5. The lowest BCUT2D eigenvalue weighted by molar-refractivity contribution is -0.347. The molecule has 3 aromatic rings. The first-order chi connectivity index (χ1) is 28.1. The number of carbonyl (C=O) groups excluding carboxylic acids is 3. The lowest BCUT2D eigenvalue weighted by Gasteiger charge is -2.36. The summed E-state index contributed by atoms with van der Waals surface area (Å²) in [6.07, 6.45) is -3.44. The number of aliphatic hydroxyl groups excluding tert-OH is 2. The number of rotatable bonds is 20. The molecule has 3 heterocycles. The summed E-state index contributed by atoms with van der Waals surface area (Å²) in [5.41, 5.74) is 7.12. The molecule has 24 nitrogen and oxygen atoms in total. The van der Waals surface area contributed by atoms with Crippen LogP contribution in [0.1, 0.15) is 60.8 Å². The van der Waals surface area contributed by atoms with E-state index >= 15 is 0 Å². The highest BCUT2D eigenvalue weighted by Crippen LogP contribution is 2.56. The van der Waals surface area contributed by atoms with Gasteiger partial charge < -0.3 is 69.0 Å². The first-order valence-corrected chi connectivity index (χ1v) is 23.5. The zero-order chi connectivity index (χ0) is 44.0. The highest BCUT2D eigenvalue weighted by molar-refractivity contribution is 8.14. The smallest absolute Gasteiger partial charge is 0.274 e. The van der Waals surface area contributed by atoms with Crippen LogP contribution in [0.3, 0.4) is 0 Å². The van der Waals surface area contributed by atoms with Crippen molar-refractivity contribution in [3.05, 3.63) is 47.5 Å². The maximum absolute atomic E-state index is 12.6. The summed E-state index contributed by atoms with van der Waals surface area (Å²) in [6.45, 7) is 0.0869. The predicted octanol–water partition coefficient (Wildman–Crippen LogP) is -1.67. The maximum atomic E-state index is 12.6. The van der Waals surface area contributed by atoms with Crippen molar-refractivity contribution in [2.45, 2.75) is 76.6 Å². The van der Waals surface area contributed by atoms with Gasteiger partial charge in [0.1, 0.15) is 36.3 Å². The summed E-state index contributed by atoms with van der Waals surface area (Å²) >= 11 is 1.06. The number of benzene rings is 1. The number of nitrogens with one attached hydrogen (secondary N) is 2. The fraction of sp³-hybridized carbons (Fsp3) is 0.562. The number of aryl methyl sites for hydroxylation is 2. The van der Waals surface area contributed by atoms with Crippen molar-refractivity contribution in [1.82, 2.24) is 30.2 Å². The van der Waals surface area contributed by atoms with Gasteiger partial charge in [-0.3, -0.25) is 28.1 Å². The lowest BCUT2D eigenvalue weighted by Crippen LogP contribution is -2.46. The number of ether oxygens (including phenoxy) is 1. The second-order valence-corrected chi connectivity index (χ2v) is 19.4. The van der Waals surface area contributed by atoms with Gasteiger partial charge in [-0.15, -0.1) is 0 Å². The van der Waals surface area contributed by atoms with Crippen LogP contribution >= 0.6 is 35.2 Å². The minimum Gasteiger partial charge on any atom is -0.790 e. The van der Waals surface area contributed by atoms with Crippen molar-refractivity contribution in [3.8, 4) is 0 Å². The number of phosphoric ester groups is 3. The molecule has 0 bridgehead atoms. The van der Waals surface area contributed by atoms with Crippen LogP contribution in [-0.4, -0.2) is 103 Å². The number of nitrogens with two attached hydrogens (primary N) is 1. The van der Waals surface area contributed by atoms with E-state index in [9.17, 15) is 57.9 Å². The standard InChI is InChI=1S/C32H46N7O17P3S/c1-32(2,26(42)29(43)35-10-9-22(40)34-11-12-60-31(44)20-8-7-18-5-3-4-6-19(18)13-20)15-53-59(50,51)56-58(48,49)52-14-21-25(55-57(45,46)47)24(41)30(54-21)39-17-38-23-27(33)36-16-37-28(23)39/h7-8,13,16-17,21,24-26,30,41-42H,3-6,9-12,14-15H2,1-2H3,(H,34,40)(H,35,43)(H,48,49)(H,50,51)(H2,33,36,37)(H2,45,46,47)/p-4/t21-,24-,25-,26+,30-/m1/s1. The van der Waals surface area contributed by atoms with Crippen LogP contribution in [0.5, 0.6) is 0 Å². The van der Waals surface area contributed by atoms with E-state index in [-0.39, 0.29) is 41.6 Å². The molecule has 332 valence electrons. The van der Waals surface area contributed by atoms with Crippen LogP contribution in [-0.2, 0) is 58.7 Å². The Kier molecular flexibility index (Phi) is 15.8. The van der Waals surface area contributed by atoms with Crippen molar-refractivity contribution in [2.24, 2.45) is 5.41 Å². The summed E-state index contributed by atoms with van der Waals surface area (Å²) in [5.74, 6) is -1.24. The second kappa shape index (κ2) is 19.9. The Hall–Kier alpha value is -3.22. The van der Waals surface area contributed by atoms with E-state index in [0.29, 0.717) is 11.3 Å². The molecular weight excluding hydrogens is 879 g/mol. The molecule has 6 N–H and O–H groups in total. The van der Waals surface area contributed by atoms with Gasteiger partial charge in [-0.2, -0.15) is 0 Å². The molecule has 0 radical (unpaired) electrons. The molecule has 2 unspecified atom stereocenters. The lowest BCUT2D eigenvalue weighted by atomic mass is 9.87. The summed E-state index contributed by atoms with van der Waals surface area (Å²) in [6, 6.07) is 5.70. The van der Waals surface area contributed by atoms with Crippen molar-refractivity contribution < 1.29 is 80.5 Å². The number of carbonyl (C=O) groups is 3. The number of anilines is 1. The maximum Gasteiger partial charge on any atom is 0.274 e. The normalized spacial score (nSPS) is 22.1. The van der Waals surface area contributed by atoms with Crippen molar-refractivity contribution in [3.63, 3.8) is 0 Å². The number of imidazole rings is 1. The molecule has 5 rings (SSSR count). The molecule has 2 aromatic heterocycles. The molecule has 1 saturated heterocycles. The van der Waals surface area contributed by atoms with E-state index in [1.165, 1.54) is 25.0 Å². The molecular formula is C32H42N7O17P3S-4. The second-order valence-electron chi connectivity index (χ2n) is 14.3. The number of hydrogen-bond acceptors (Lipinski definition) is 22. The summed E-state index contributed by atoms with van der Waals surface area (Å²) in [5, 5.41) is 26.2. The van der Waals surface area contributed by atoms with Crippen molar-refractivity contribution in [1.29, 1.82) is 0 Å². The zero-order valence-electron chi connectivity index (χ0n) is 32.0. The molecule has 1 fully saturated rings. The third-order valence-corrected chi connectivity index (χ3v) is 13.2. The summed E-state index contributed by atoms with van der Waals surface area (Å²) in [7, 11) is -17.6. The number of aromatic nitrogens is 4.